The molecule has 1 fully saturated rings. The first-order chi connectivity index (χ1) is 8.08. The van der Waals surface area contributed by atoms with E-state index in [1.54, 1.807) is 0 Å². The Morgan fingerprint density at radius 2 is 2.12 bits per heavy atom. The van der Waals surface area contributed by atoms with Crippen LogP contribution in [0.3, 0.4) is 0 Å². The Kier molecular flexibility index (Phi) is 5.75. The zero-order valence-corrected chi connectivity index (χ0v) is 11.5. The van der Waals surface area contributed by atoms with Crippen molar-refractivity contribution in [3.8, 4) is 0 Å². The van der Waals surface area contributed by atoms with E-state index in [0.717, 1.165) is 25.9 Å². The van der Waals surface area contributed by atoms with Crippen molar-refractivity contribution in [3.05, 3.63) is 0 Å². The summed E-state index contributed by atoms with van der Waals surface area (Å²) in [4.78, 5) is 13.9. The van der Waals surface area contributed by atoms with E-state index in [4.69, 9.17) is 4.74 Å². The van der Waals surface area contributed by atoms with Crippen LogP contribution in [0.15, 0.2) is 0 Å². The molecule has 0 aliphatic carbocycles. The molecule has 0 saturated carbocycles. The number of rotatable bonds is 4. The summed E-state index contributed by atoms with van der Waals surface area (Å²) in [6, 6.07) is 0.682. The minimum Gasteiger partial charge on any atom is -0.449 e. The van der Waals surface area contributed by atoms with E-state index >= 15 is 0 Å². The molecular weight excluding hydrogens is 216 g/mol. The number of nitrogens with zero attached hydrogens (tertiary/aromatic N) is 1. The highest BCUT2D eigenvalue weighted by Gasteiger charge is 2.30. The summed E-state index contributed by atoms with van der Waals surface area (Å²) in [5.74, 6) is 0.393. The fourth-order valence-corrected chi connectivity index (χ4v) is 2.05. The molecule has 0 aromatic carbocycles. The second-order valence-corrected chi connectivity index (χ2v) is 5.20. The molecule has 0 aromatic heterocycles. The quantitative estimate of drug-likeness (QED) is 0.822. The van der Waals surface area contributed by atoms with Gasteiger partial charge in [0, 0.05) is 25.2 Å². The largest absolute Gasteiger partial charge is 0.449 e. The van der Waals surface area contributed by atoms with Crippen LogP contribution in [-0.4, -0.2) is 42.8 Å². The Labute approximate surface area is 105 Å². The standard InChI is InChI=1S/C13H26N2O2/c1-5-11-8-15(12(6-2)7-14-11)13(16)17-9-10(3)4/h10-12,14H,5-9H2,1-4H3. The first kappa shape index (κ1) is 14.3. The van der Waals surface area contributed by atoms with Gasteiger partial charge in [0.1, 0.15) is 0 Å². The van der Waals surface area contributed by atoms with Gasteiger partial charge in [0.05, 0.1) is 6.61 Å². The topological polar surface area (TPSA) is 41.6 Å². The molecule has 0 radical (unpaired) electrons. The minimum atomic E-state index is -0.148. The van der Waals surface area contributed by atoms with Crippen molar-refractivity contribution in [2.45, 2.75) is 52.6 Å². The number of hydrogen-bond donors (Lipinski definition) is 1. The normalized spacial score (nSPS) is 25.1. The smallest absolute Gasteiger partial charge is 0.410 e. The lowest BCUT2D eigenvalue weighted by Gasteiger charge is -2.39. The molecule has 0 aromatic rings. The lowest BCUT2D eigenvalue weighted by atomic mass is 10.1. The van der Waals surface area contributed by atoms with Crippen LogP contribution in [-0.2, 0) is 4.74 Å². The highest BCUT2D eigenvalue weighted by atomic mass is 16.6. The number of carbonyl (C=O) groups is 1. The van der Waals surface area contributed by atoms with E-state index in [9.17, 15) is 4.79 Å². The maximum atomic E-state index is 12.0. The Hall–Kier alpha value is -0.770. The van der Waals surface area contributed by atoms with Crippen LogP contribution in [0.25, 0.3) is 0 Å². The molecular formula is C13H26N2O2. The molecule has 4 nitrogen and oxygen atoms in total. The van der Waals surface area contributed by atoms with Crippen LogP contribution in [0.1, 0.15) is 40.5 Å². The molecule has 1 aliphatic rings. The highest BCUT2D eigenvalue weighted by Crippen LogP contribution is 2.13. The van der Waals surface area contributed by atoms with Gasteiger partial charge in [-0.05, 0) is 18.8 Å². The van der Waals surface area contributed by atoms with Crippen molar-refractivity contribution in [2.75, 3.05) is 19.7 Å². The second-order valence-electron chi connectivity index (χ2n) is 5.20. The summed E-state index contributed by atoms with van der Waals surface area (Å²) in [6.45, 7) is 10.5. The first-order valence-corrected chi connectivity index (χ1v) is 6.75. The summed E-state index contributed by atoms with van der Waals surface area (Å²) in [5.41, 5.74) is 0. The minimum absolute atomic E-state index is 0.148. The maximum Gasteiger partial charge on any atom is 0.410 e. The van der Waals surface area contributed by atoms with Gasteiger partial charge in [-0.15, -0.1) is 0 Å². The molecule has 1 amide bonds. The molecule has 1 saturated heterocycles. The lowest BCUT2D eigenvalue weighted by Crippen LogP contribution is -2.58. The van der Waals surface area contributed by atoms with Crippen LogP contribution in [0.5, 0.6) is 0 Å². The summed E-state index contributed by atoms with van der Waals surface area (Å²) < 4.78 is 5.33. The number of amides is 1. The molecule has 0 spiro atoms. The van der Waals surface area contributed by atoms with Gasteiger partial charge in [0.25, 0.3) is 0 Å². The predicted octanol–water partition coefficient (Wildman–Crippen LogP) is 2.24. The fourth-order valence-electron chi connectivity index (χ4n) is 2.05. The van der Waals surface area contributed by atoms with Crippen molar-refractivity contribution in [1.29, 1.82) is 0 Å². The third kappa shape index (κ3) is 4.19. The second kappa shape index (κ2) is 6.84. The molecule has 17 heavy (non-hydrogen) atoms. The third-order valence-electron chi connectivity index (χ3n) is 3.24. The monoisotopic (exact) mass is 242 g/mol. The number of nitrogens with one attached hydrogen (secondary N) is 1. The van der Waals surface area contributed by atoms with Gasteiger partial charge in [-0.2, -0.15) is 0 Å². The van der Waals surface area contributed by atoms with E-state index in [2.05, 4.69) is 33.0 Å². The van der Waals surface area contributed by atoms with Gasteiger partial charge in [-0.1, -0.05) is 27.7 Å². The molecule has 1 aliphatic heterocycles. The zero-order chi connectivity index (χ0) is 12.8. The van der Waals surface area contributed by atoms with E-state index in [-0.39, 0.29) is 12.1 Å². The average Bonchev–Trinajstić information content (AvgIpc) is 2.34. The first-order valence-electron chi connectivity index (χ1n) is 6.75. The molecule has 1 rings (SSSR count). The number of piperazine rings is 1. The molecule has 4 heteroatoms. The van der Waals surface area contributed by atoms with Gasteiger partial charge in [0.2, 0.25) is 0 Å². The molecule has 0 bridgehead atoms. The SMILES string of the molecule is CCC1CN(C(=O)OCC(C)C)C(CC)CN1. The molecule has 100 valence electrons. The van der Waals surface area contributed by atoms with E-state index in [1.165, 1.54) is 0 Å². The van der Waals surface area contributed by atoms with Gasteiger partial charge < -0.3 is 15.0 Å². The van der Waals surface area contributed by atoms with Crippen LogP contribution in [0.4, 0.5) is 4.79 Å². The summed E-state index contributed by atoms with van der Waals surface area (Å²) in [5, 5.41) is 3.47. The van der Waals surface area contributed by atoms with E-state index in [0.29, 0.717) is 18.6 Å². The lowest BCUT2D eigenvalue weighted by molar-refractivity contribution is 0.0593. The Bertz CT molecular complexity index is 244. The summed E-state index contributed by atoms with van der Waals surface area (Å²) >= 11 is 0. The number of hydrogen-bond acceptors (Lipinski definition) is 3. The van der Waals surface area contributed by atoms with E-state index < -0.39 is 0 Å². The van der Waals surface area contributed by atoms with Crippen LogP contribution in [0, 0.1) is 5.92 Å². The maximum absolute atomic E-state index is 12.0. The third-order valence-corrected chi connectivity index (χ3v) is 3.24. The Morgan fingerprint density at radius 1 is 1.41 bits per heavy atom. The molecule has 2 unspecified atom stereocenters. The highest BCUT2D eigenvalue weighted by molar-refractivity contribution is 5.68. The fraction of sp³-hybridized carbons (Fsp3) is 0.923. The summed E-state index contributed by atoms with van der Waals surface area (Å²) in [7, 11) is 0. The molecule has 1 heterocycles. The van der Waals surface area contributed by atoms with Crippen molar-refractivity contribution in [1.82, 2.24) is 10.2 Å². The van der Waals surface area contributed by atoms with Gasteiger partial charge >= 0.3 is 6.09 Å². The zero-order valence-electron chi connectivity index (χ0n) is 11.5. The number of carbonyl (C=O) groups excluding carboxylic acids is 1. The van der Waals surface area contributed by atoms with Crippen LogP contribution in [0.2, 0.25) is 0 Å². The van der Waals surface area contributed by atoms with Gasteiger partial charge in [0.15, 0.2) is 0 Å². The van der Waals surface area contributed by atoms with Crippen LogP contribution < -0.4 is 5.32 Å². The molecule has 2 atom stereocenters. The Morgan fingerprint density at radius 3 is 2.65 bits per heavy atom. The van der Waals surface area contributed by atoms with Crippen molar-refractivity contribution in [3.63, 3.8) is 0 Å². The number of ether oxygens (including phenoxy) is 1. The van der Waals surface area contributed by atoms with Gasteiger partial charge in [-0.25, -0.2) is 4.79 Å². The molecule has 1 N–H and O–H groups in total. The van der Waals surface area contributed by atoms with Gasteiger partial charge in [-0.3, -0.25) is 0 Å². The van der Waals surface area contributed by atoms with Crippen molar-refractivity contribution in [2.24, 2.45) is 5.92 Å². The average molecular weight is 242 g/mol. The Balaban J connectivity index is 2.53. The van der Waals surface area contributed by atoms with E-state index in [1.807, 2.05) is 4.90 Å². The summed E-state index contributed by atoms with van der Waals surface area (Å²) in [6.07, 6.45) is 1.87. The van der Waals surface area contributed by atoms with Crippen molar-refractivity contribution >= 4 is 6.09 Å². The van der Waals surface area contributed by atoms with Crippen LogP contribution >= 0.6 is 0 Å². The predicted molar refractivity (Wildman–Crippen MR) is 69.1 cm³/mol. The van der Waals surface area contributed by atoms with Crippen molar-refractivity contribution < 1.29 is 9.53 Å².